The van der Waals surface area contributed by atoms with Gasteiger partial charge in [-0.3, -0.25) is 4.90 Å². The lowest BCUT2D eigenvalue weighted by atomic mass is 10.2. The van der Waals surface area contributed by atoms with Crippen molar-refractivity contribution in [2.45, 2.75) is 12.2 Å². The lowest BCUT2D eigenvalue weighted by Crippen LogP contribution is -2.57. The number of aromatic nitrogens is 2. The number of carboxylic acid groups (broad SMARTS) is 1. The van der Waals surface area contributed by atoms with E-state index >= 15 is 0 Å². The predicted octanol–water partition coefficient (Wildman–Crippen LogP) is 1.31. The molecule has 122 valence electrons. The first-order valence-electron chi connectivity index (χ1n) is 6.45. The third-order valence-electron chi connectivity index (χ3n) is 3.34. The Hall–Kier alpha value is -2.10. The molecule has 0 saturated carbocycles. The van der Waals surface area contributed by atoms with Gasteiger partial charge in [0.1, 0.15) is 0 Å². The largest absolute Gasteiger partial charge is 0.465 e. The number of hydrogen-bond donors (Lipinski definition) is 1. The van der Waals surface area contributed by atoms with Crippen LogP contribution in [0.4, 0.5) is 23.9 Å². The second kappa shape index (κ2) is 6.34. The van der Waals surface area contributed by atoms with E-state index < -0.39 is 23.9 Å². The van der Waals surface area contributed by atoms with Gasteiger partial charge in [-0.15, -0.1) is 0 Å². The molecule has 2 heterocycles. The maximum Gasteiger partial charge on any atom is 0.419 e. The van der Waals surface area contributed by atoms with Crippen molar-refractivity contribution in [2.24, 2.45) is 0 Å². The summed E-state index contributed by atoms with van der Waals surface area (Å²) >= 11 is 0. The number of halogens is 3. The second-order valence-electron chi connectivity index (χ2n) is 4.80. The molecule has 1 unspecified atom stereocenters. The van der Waals surface area contributed by atoms with Gasteiger partial charge in [-0.05, 0) is 0 Å². The number of methoxy groups -OCH3 is 1. The number of hydrogen-bond acceptors (Lipinski definition) is 5. The first-order valence-corrected chi connectivity index (χ1v) is 6.45. The summed E-state index contributed by atoms with van der Waals surface area (Å²) in [5, 5.41) is 9.11. The predicted molar refractivity (Wildman–Crippen MR) is 69.6 cm³/mol. The minimum absolute atomic E-state index is 0.138. The van der Waals surface area contributed by atoms with E-state index in [0.717, 1.165) is 12.4 Å². The Kier molecular flexibility index (Phi) is 4.69. The van der Waals surface area contributed by atoms with E-state index in [2.05, 4.69) is 9.97 Å². The van der Waals surface area contributed by atoms with Crippen molar-refractivity contribution in [1.82, 2.24) is 14.9 Å². The molecule has 0 radical (unpaired) electrons. The van der Waals surface area contributed by atoms with Crippen molar-refractivity contribution in [3.63, 3.8) is 0 Å². The van der Waals surface area contributed by atoms with Gasteiger partial charge in [-0.2, -0.15) is 13.2 Å². The normalized spacial score (nSPS) is 19.4. The quantitative estimate of drug-likeness (QED) is 0.905. The molecule has 1 atom stereocenters. The van der Waals surface area contributed by atoms with Crippen LogP contribution in [0.5, 0.6) is 0 Å². The Balaban J connectivity index is 2.11. The molecule has 1 aliphatic rings. The third kappa shape index (κ3) is 3.56. The van der Waals surface area contributed by atoms with E-state index in [1.807, 2.05) is 0 Å². The van der Waals surface area contributed by atoms with Crippen LogP contribution in [0.25, 0.3) is 0 Å². The van der Waals surface area contributed by atoms with Crippen LogP contribution in [-0.2, 0) is 10.9 Å². The summed E-state index contributed by atoms with van der Waals surface area (Å²) in [5.41, 5.74) is -0.922. The topological polar surface area (TPSA) is 78.8 Å². The summed E-state index contributed by atoms with van der Waals surface area (Å²) in [4.78, 5) is 21.5. The van der Waals surface area contributed by atoms with Crippen molar-refractivity contribution in [3.8, 4) is 0 Å². The summed E-state index contributed by atoms with van der Waals surface area (Å²) in [6.45, 7) is 0.945. The number of carbonyl (C=O) groups is 1. The number of ether oxygens (including phenoxy) is 1. The number of piperazine rings is 1. The minimum atomic E-state index is -4.49. The first-order chi connectivity index (χ1) is 10.3. The van der Waals surface area contributed by atoms with E-state index in [9.17, 15) is 18.0 Å². The van der Waals surface area contributed by atoms with Crippen LogP contribution >= 0.6 is 0 Å². The molecule has 1 amide bonds. The van der Waals surface area contributed by atoms with Gasteiger partial charge in [0.15, 0.2) is 0 Å². The molecule has 22 heavy (non-hydrogen) atoms. The molecule has 7 nitrogen and oxygen atoms in total. The highest BCUT2D eigenvalue weighted by Gasteiger charge is 2.33. The van der Waals surface area contributed by atoms with Crippen molar-refractivity contribution in [2.75, 3.05) is 38.3 Å². The zero-order chi connectivity index (χ0) is 16.3. The maximum absolute atomic E-state index is 12.5. The molecule has 10 heteroatoms. The monoisotopic (exact) mass is 320 g/mol. The fourth-order valence-electron chi connectivity index (χ4n) is 2.25. The van der Waals surface area contributed by atoms with Gasteiger partial charge in [0, 0.05) is 39.1 Å². The average molecular weight is 320 g/mol. The van der Waals surface area contributed by atoms with E-state index in [-0.39, 0.29) is 25.6 Å². The van der Waals surface area contributed by atoms with Crippen LogP contribution in [0.2, 0.25) is 0 Å². The maximum atomic E-state index is 12.5. The highest BCUT2D eigenvalue weighted by molar-refractivity contribution is 5.66. The molecule has 2 rings (SSSR count). The van der Waals surface area contributed by atoms with Crippen LogP contribution in [-0.4, -0.2) is 65.5 Å². The molecule has 1 saturated heterocycles. The smallest absolute Gasteiger partial charge is 0.419 e. The fourth-order valence-corrected chi connectivity index (χ4v) is 2.25. The van der Waals surface area contributed by atoms with E-state index in [1.165, 1.54) is 12.0 Å². The zero-order valence-electron chi connectivity index (χ0n) is 11.7. The van der Waals surface area contributed by atoms with Crippen molar-refractivity contribution in [3.05, 3.63) is 18.0 Å². The van der Waals surface area contributed by atoms with Gasteiger partial charge < -0.3 is 14.7 Å². The number of anilines is 1. The number of amides is 1. The van der Waals surface area contributed by atoms with Crippen LogP contribution in [0, 0.1) is 0 Å². The highest BCUT2D eigenvalue weighted by atomic mass is 19.4. The van der Waals surface area contributed by atoms with Gasteiger partial charge in [-0.1, -0.05) is 0 Å². The molecule has 0 spiro atoms. The van der Waals surface area contributed by atoms with Crippen LogP contribution in [0.15, 0.2) is 12.4 Å². The number of alkyl halides is 3. The summed E-state index contributed by atoms with van der Waals surface area (Å²) in [5.74, 6) is 0.138. The number of nitrogens with zero attached hydrogens (tertiary/aromatic N) is 4. The molecule has 1 N–H and O–H groups in total. The van der Waals surface area contributed by atoms with E-state index in [4.69, 9.17) is 9.84 Å². The molecular weight excluding hydrogens is 305 g/mol. The van der Waals surface area contributed by atoms with E-state index in [1.54, 1.807) is 4.90 Å². The first kappa shape index (κ1) is 16.3. The van der Waals surface area contributed by atoms with Crippen molar-refractivity contribution >= 4 is 12.0 Å². The molecular formula is C12H15F3N4O3. The second-order valence-corrected chi connectivity index (χ2v) is 4.80. The van der Waals surface area contributed by atoms with Crippen LogP contribution < -0.4 is 4.90 Å². The Morgan fingerprint density at radius 2 is 2.05 bits per heavy atom. The van der Waals surface area contributed by atoms with Crippen molar-refractivity contribution < 1.29 is 27.8 Å². The molecule has 0 aromatic carbocycles. The minimum Gasteiger partial charge on any atom is -0.465 e. The Morgan fingerprint density at radius 1 is 1.41 bits per heavy atom. The zero-order valence-corrected chi connectivity index (χ0v) is 11.7. The van der Waals surface area contributed by atoms with Crippen LogP contribution in [0.3, 0.4) is 0 Å². The van der Waals surface area contributed by atoms with Gasteiger partial charge in [0.2, 0.25) is 5.95 Å². The molecule has 1 fully saturated rings. The van der Waals surface area contributed by atoms with Gasteiger partial charge in [0.05, 0.1) is 18.2 Å². The van der Waals surface area contributed by atoms with E-state index in [0.29, 0.717) is 6.54 Å². The SMILES string of the molecule is COCC1CN(c2ncc(C(F)(F)F)cn2)CCN1C(=O)O. The number of rotatable bonds is 3. The molecule has 1 aromatic rings. The van der Waals surface area contributed by atoms with Gasteiger partial charge >= 0.3 is 12.3 Å². The summed E-state index contributed by atoms with van der Waals surface area (Å²) in [6, 6.07) is -0.429. The van der Waals surface area contributed by atoms with Crippen molar-refractivity contribution in [1.29, 1.82) is 0 Å². The summed E-state index contributed by atoms with van der Waals surface area (Å²) < 4.78 is 42.4. The lowest BCUT2D eigenvalue weighted by molar-refractivity contribution is -0.138. The lowest BCUT2D eigenvalue weighted by Gasteiger charge is -2.39. The standard InChI is InChI=1S/C12H15F3N4O3/c1-22-7-9-6-18(2-3-19(9)11(20)21)10-16-4-8(5-17-10)12(13,14)15/h4-5,9H,2-3,6-7H2,1H3,(H,20,21). The fraction of sp³-hybridized carbons (Fsp3) is 0.583. The Labute approximate surface area is 124 Å². The molecule has 1 aromatic heterocycles. The summed E-state index contributed by atoms with van der Waals surface area (Å²) in [7, 11) is 1.45. The third-order valence-corrected chi connectivity index (χ3v) is 3.34. The Morgan fingerprint density at radius 3 is 2.55 bits per heavy atom. The average Bonchev–Trinajstić information content (AvgIpc) is 2.46. The van der Waals surface area contributed by atoms with Gasteiger partial charge in [-0.25, -0.2) is 14.8 Å². The molecule has 1 aliphatic heterocycles. The summed E-state index contributed by atoms with van der Waals surface area (Å²) in [6.07, 6.45) is -4.11. The molecule has 0 aliphatic carbocycles. The molecule has 0 bridgehead atoms. The van der Waals surface area contributed by atoms with Gasteiger partial charge in [0.25, 0.3) is 0 Å². The Bertz CT molecular complexity index is 523. The van der Waals surface area contributed by atoms with Crippen LogP contribution in [0.1, 0.15) is 5.56 Å². The highest BCUT2D eigenvalue weighted by Crippen LogP contribution is 2.28.